The van der Waals surface area contributed by atoms with Gasteiger partial charge >= 0.3 is 0 Å². The van der Waals surface area contributed by atoms with E-state index in [-0.39, 0.29) is 6.04 Å². The van der Waals surface area contributed by atoms with Crippen LogP contribution in [0.25, 0.3) is 0 Å². The largest absolute Gasteiger partial charge is 0.487 e. The smallest absolute Gasteiger partial charge is 0.138 e. The van der Waals surface area contributed by atoms with Crippen molar-refractivity contribution in [2.24, 2.45) is 0 Å². The van der Waals surface area contributed by atoms with Gasteiger partial charge in [0.2, 0.25) is 0 Å². The molecular weight excluding hydrogens is 214 g/mol. The Morgan fingerprint density at radius 2 is 2.35 bits per heavy atom. The highest BCUT2D eigenvalue weighted by Gasteiger charge is 2.20. The summed E-state index contributed by atoms with van der Waals surface area (Å²) in [6.07, 6.45) is 3.24. The molecule has 1 aromatic rings. The average Bonchev–Trinajstić information content (AvgIpc) is 2.75. The van der Waals surface area contributed by atoms with Gasteiger partial charge < -0.3 is 15.0 Å². The van der Waals surface area contributed by atoms with Gasteiger partial charge in [-0.1, -0.05) is 0 Å². The molecule has 4 heteroatoms. The van der Waals surface area contributed by atoms with Crippen LogP contribution in [0.3, 0.4) is 0 Å². The van der Waals surface area contributed by atoms with Crippen LogP contribution in [0.5, 0.6) is 5.75 Å². The molecule has 1 aromatic heterocycles. The number of hydrogen-bond donors (Lipinski definition) is 1. The molecule has 1 N–H and O–H groups in total. The average molecular weight is 235 g/mol. The first-order valence-electron chi connectivity index (χ1n) is 6.17. The van der Waals surface area contributed by atoms with Crippen molar-refractivity contribution >= 4 is 0 Å². The van der Waals surface area contributed by atoms with E-state index in [0.717, 1.165) is 31.0 Å². The van der Waals surface area contributed by atoms with Gasteiger partial charge in [-0.05, 0) is 39.6 Å². The molecule has 94 valence electrons. The second-order valence-corrected chi connectivity index (χ2v) is 4.72. The molecule has 1 fully saturated rings. The minimum absolute atomic E-state index is 0.279. The molecule has 17 heavy (non-hydrogen) atoms. The van der Waals surface area contributed by atoms with Crippen molar-refractivity contribution in [3.05, 3.63) is 24.0 Å². The van der Waals surface area contributed by atoms with Crippen molar-refractivity contribution in [3.8, 4) is 5.75 Å². The third-order valence-electron chi connectivity index (χ3n) is 3.29. The number of ether oxygens (including phenoxy) is 1. The highest BCUT2D eigenvalue weighted by molar-refractivity contribution is 5.21. The fourth-order valence-corrected chi connectivity index (χ4v) is 2.05. The number of nitrogens with zero attached hydrogens (tertiary/aromatic N) is 2. The third kappa shape index (κ3) is 3.17. The van der Waals surface area contributed by atoms with Crippen molar-refractivity contribution in [2.75, 3.05) is 27.2 Å². The molecule has 0 saturated carbocycles. The van der Waals surface area contributed by atoms with E-state index in [1.165, 1.54) is 0 Å². The fraction of sp³-hybridized carbons (Fsp3) is 0.615. The lowest BCUT2D eigenvalue weighted by atomic mass is 10.2. The van der Waals surface area contributed by atoms with Gasteiger partial charge in [0.15, 0.2) is 0 Å². The van der Waals surface area contributed by atoms with Crippen LogP contribution >= 0.6 is 0 Å². The molecule has 2 unspecified atom stereocenters. The zero-order valence-electron chi connectivity index (χ0n) is 10.8. The summed E-state index contributed by atoms with van der Waals surface area (Å²) < 4.78 is 5.89. The highest BCUT2D eigenvalue weighted by atomic mass is 16.5. The maximum Gasteiger partial charge on any atom is 0.138 e. The summed E-state index contributed by atoms with van der Waals surface area (Å²) in [4.78, 5) is 6.70. The molecule has 0 aromatic carbocycles. The number of nitrogens with one attached hydrogen (secondary N) is 1. The molecule has 0 spiro atoms. The van der Waals surface area contributed by atoms with E-state index >= 15 is 0 Å². The molecule has 0 radical (unpaired) electrons. The summed E-state index contributed by atoms with van der Waals surface area (Å²) in [7, 11) is 4.06. The topological polar surface area (TPSA) is 37.4 Å². The first kappa shape index (κ1) is 12.3. The Morgan fingerprint density at radius 3 is 2.88 bits per heavy atom. The Morgan fingerprint density at radius 1 is 1.53 bits per heavy atom. The maximum absolute atomic E-state index is 5.89. The Hall–Kier alpha value is -1.13. The molecule has 1 aliphatic rings. The molecule has 2 rings (SSSR count). The Balaban J connectivity index is 1.94. The van der Waals surface area contributed by atoms with Gasteiger partial charge in [-0.25, -0.2) is 0 Å². The maximum atomic E-state index is 5.89. The summed E-state index contributed by atoms with van der Waals surface area (Å²) in [5.74, 6) is 0.873. The fourth-order valence-electron chi connectivity index (χ4n) is 2.05. The van der Waals surface area contributed by atoms with E-state index in [1.54, 1.807) is 0 Å². The Kier molecular flexibility index (Phi) is 3.97. The molecule has 2 heterocycles. The second kappa shape index (κ2) is 5.47. The molecule has 0 amide bonds. The first-order valence-corrected chi connectivity index (χ1v) is 6.17. The van der Waals surface area contributed by atoms with Gasteiger partial charge in [0.1, 0.15) is 11.9 Å². The SMILES string of the molecule is CNC(C)c1ccc(OC2CCN(C)C2)cn1. The van der Waals surface area contributed by atoms with Crippen LogP contribution in [0.4, 0.5) is 0 Å². The second-order valence-electron chi connectivity index (χ2n) is 4.72. The van der Waals surface area contributed by atoms with E-state index in [9.17, 15) is 0 Å². The summed E-state index contributed by atoms with van der Waals surface area (Å²) in [5.41, 5.74) is 1.04. The summed E-state index contributed by atoms with van der Waals surface area (Å²) in [5, 5.41) is 3.17. The van der Waals surface area contributed by atoms with Crippen LogP contribution < -0.4 is 10.1 Å². The van der Waals surface area contributed by atoms with Crippen molar-refractivity contribution in [3.63, 3.8) is 0 Å². The number of aromatic nitrogens is 1. The molecular formula is C13H21N3O. The van der Waals surface area contributed by atoms with E-state index < -0.39 is 0 Å². The third-order valence-corrected chi connectivity index (χ3v) is 3.29. The van der Waals surface area contributed by atoms with Crippen LogP contribution in [0.15, 0.2) is 18.3 Å². The van der Waals surface area contributed by atoms with E-state index in [2.05, 4.69) is 29.2 Å². The molecule has 0 aliphatic carbocycles. The lowest BCUT2D eigenvalue weighted by Gasteiger charge is -2.14. The molecule has 1 saturated heterocycles. The number of likely N-dealkylation sites (N-methyl/N-ethyl adjacent to an activating group) is 1. The normalized spacial score (nSPS) is 22.6. The van der Waals surface area contributed by atoms with Gasteiger partial charge in [-0.3, -0.25) is 4.98 Å². The zero-order chi connectivity index (χ0) is 12.3. The molecule has 2 atom stereocenters. The van der Waals surface area contributed by atoms with Crippen molar-refractivity contribution in [2.45, 2.75) is 25.5 Å². The van der Waals surface area contributed by atoms with E-state index in [4.69, 9.17) is 4.74 Å². The first-order chi connectivity index (χ1) is 8.19. The summed E-state index contributed by atoms with van der Waals surface area (Å²) in [6.45, 7) is 4.22. The highest BCUT2D eigenvalue weighted by Crippen LogP contribution is 2.18. The molecule has 0 bridgehead atoms. The zero-order valence-corrected chi connectivity index (χ0v) is 10.8. The number of hydrogen-bond acceptors (Lipinski definition) is 4. The van der Waals surface area contributed by atoms with Crippen LogP contribution in [-0.2, 0) is 0 Å². The summed E-state index contributed by atoms with van der Waals surface area (Å²) >= 11 is 0. The van der Waals surface area contributed by atoms with Gasteiger partial charge in [-0.2, -0.15) is 0 Å². The quantitative estimate of drug-likeness (QED) is 0.857. The van der Waals surface area contributed by atoms with Crippen molar-refractivity contribution in [1.82, 2.24) is 15.2 Å². The predicted octanol–water partition coefficient (Wildman–Crippen LogP) is 1.44. The van der Waals surface area contributed by atoms with Gasteiger partial charge in [-0.15, -0.1) is 0 Å². The van der Waals surface area contributed by atoms with Crippen molar-refractivity contribution < 1.29 is 4.74 Å². The van der Waals surface area contributed by atoms with Crippen LogP contribution in [-0.4, -0.2) is 43.2 Å². The van der Waals surface area contributed by atoms with Crippen molar-refractivity contribution in [1.29, 1.82) is 0 Å². The number of likely N-dealkylation sites (tertiary alicyclic amines) is 1. The minimum Gasteiger partial charge on any atom is -0.487 e. The standard InChI is InChI=1S/C13H21N3O/c1-10(14-2)13-5-4-11(8-15-13)17-12-6-7-16(3)9-12/h4-5,8,10,12,14H,6-7,9H2,1-3H3. The van der Waals surface area contributed by atoms with Gasteiger partial charge in [0.25, 0.3) is 0 Å². The van der Waals surface area contributed by atoms with E-state index in [1.807, 2.05) is 25.4 Å². The van der Waals surface area contributed by atoms with Crippen LogP contribution in [0, 0.1) is 0 Å². The number of pyridine rings is 1. The lowest BCUT2D eigenvalue weighted by Crippen LogP contribution is -2.21. The Labute approximate surface area is 103 Å². The van der Waals surface area contributed by atoms with Gasteiger partial charge in [0.05, 0.1) is 11.9 Å². The lowest BCUT2D eigenvalue weighted by molar-refractivity contribution is 0.207. The Bertz CT molecular complexity index is 352. The van der Waals surface area contributed by atoms with Crippen LogP contribution in [0.2, 0.25) is 0 Å². The monoisotopic (exact) mass is 235 g/mol. The van der Waals surface area contributed by atoms with Crippen LogP contribution in [0.1, 0.15) is 25.1 Å². The summed E-state index contributed by atoms with van der Waals surface area (Å²) in [6, 6.07) is 4.31. The predicted molar refractivity (Wildman–Crippen MR) is 68.2 cm³/mol. The number of rotatable bonds is 4. The van der Waals surface area contributed by atoms with Gasteiger partial charge in [0, 0.05) is 19.1 Å². The molecule has 4 nitrogen and oxygen atoms in total. The van der Waals surface area contributed by atoms with E-state index in [0.29, 0.717) is 6.10 Å². The molecule has 1 aliphatic heterocycles. The minimum atomic E-state index is 0.279.